The van der Waals surface area contributed by atoms with Crippen molar-refractivity contribution in [1.82, 2.24) is 4.90 Å². The van der Waals surface area contributed by atoms with Gasteiger partial charge in [0, 0.05) is 36.9 Å². The van der Waals surface area contributed by atoms with Gasteiger partial charge in [0.2, 0.25) is 0 Å². The van der Waals surface area contributed by atoms with Crippen LogP contribution in [0.25, 0.3) is 0 Å². The van der Waals surface area contributed by atoms with Crippen LogP contribution in [-0.4, -0.2) is 31.1 Å². The molecule has 3 nitrogen and oxygen atoms in total. The minimum absolute atomic E-state index is 0.0214. The Hall–Kier alpha value is -2.43. The predicted molar refractivity (Wildman–Crippen MR) is 123 cm³/mol. The van der Waals surface area contributed by atoms with Crippen molar-refractivity contribution < 1.29 is 9.53 Å². The van der Waals surface area contributed by atoms with Crippen molar-refractivity contribution in [2.45, 2.75) is 30.7 Å². The Morgan fingerprint density at radius 3 is 2.71 bits per heavy atom. The Kier molecular flexibility index (Phi) is 4.38. The van der Waals surface area contributed by atoms with Gasteiger partial charge in [0.25, 0.3) is 0 Å². The van der Waals surface area contributed by atoms with Crippen LogP contribution in [0.3, 0.4) is 0 Å². The largest absolute Gasteiger partial charge is 0.469 e. The maximum atomic E-state index is 13.6. The maximum Gasteiger partial charge on any atom is 0.314 e. The van der Waals surface area contributed by atoms with Crippen LogP contribution in [-0.2, 0) is 21.5 Å². The molecule has 3 aliphatic carbocycles. The van der Waals surface area contributed by atoms with E-state index in [1.807, 2.05) is 0 Å². The highest BCUT2D eigenvalue weighted by atomic mass is 32.1. The fourth-order valence-electron chi connectivity index (χ4n) is 7.20. The van der Waals surface area contributed by atoms with Crippen molar-refractivity contribution >= 4 is 17.3 Å². The maximum absolute atomic E-state index is 13.6. The van der Waals surface area contributed by atoms with Crippen LogP contribution < -0.4 is 0 Å². The van der Waals surface area contributed by atoms with Gasteiger partial charge >= 0.3 is 5.97 Å². The number of likely N-dealkylation sites (tertiary alicyclic amines) is 1. The van der Waals surface area contributed by atoms with E-state index in [0.29, 0.717) is 0 Å². The molecule has 4 atom stereocenters. The molecule has 4 heteroatoms. The zero-order valence-corrected chi connectivity index (χ0v) is 18.6. The van der Waals surface area contributed by atoms with E-state index in [0.717, 1.165) is 32.5 Å². The van der Waals surface area contributed by atoms with Gasteiger partial charge in [-0.3, -0.25) is 9.69 Å². The quantitative estimate of drug-likeness (QED) is 0.533. The van der Waals surface area contributed by atoms with Crippen LogP contribution >= 0.6 is 11.3 Å². The van der Waals surface area contributed by atoms with Crippen molar-refractivity contribution in [2.75, 3.05) is 20.2 Å². The number of ether oxygens (including phenoxy) is 1. The molecule has 4 unspecified atom stereocenters. The number of fused-ring (bicyclic) bond motifs is 1. The number of thiophene rings is 1. The molecule has 2 fully saturated rings. The summed E-state index contributed by atoms with van der Waals surface area (Å²) in [7, 11) is 1.57. The molecule has 31 heavy (non-hydrogen) atoms. The summed E-state index contributed by atoms with van der Waals surface area (Å²) in [6.07, 6.45) is 2.14. The van der Waals surface area contributed by atoms with Gasteiger partial charge in [0.1, 0.15) is 0 Å². The summed E-state index contributed by atoms with van der Waals surface area (Å²) < 4.78 is 5.56. The molecule has 1 saturated heterocycles. The van der Waals surface area contributed by atoms with Crippen molar-refractivity contribution in [3.8, 4) is 0 Å². The zero-order chi connectivity index (χ0) is 21.1. The smallest absolute Gasteiger partial charge is 0.314 e. The summed E-state index contributed by atoms with van der Waals surface area (Å²) in [5.74, 6) is 0.425. The number of nitrogens with zero attached hydrogens (tertiary/aromatic N) is 1. The molecular formula is C27H27NO2S. The Balaban J connectivity index is 1.54. The van der Waals surface area contributed by atoms with E-state index in [1.54, 1.807) is 18.4 Å². The molecule has 4 aliphatic rings. The lowest BCUT2D eigenvalue weighted by molar-refractivity contribution is -0.161. The molecule has 2 aromatic carbocycles. The summed E-state index contributed by atoms with van der Waals surface area (Å²) in [6, 6.07) is 21.8. The van der Waals surface area contributed by atoms with Crippen LogP contribution in [0.2, 0.25) is 0 Å². The van der Waals surface area contributed by atoms with E-state index in [9.17, 15) is 4.79 Å². The summed E-state index contributed by atoms with van der Waals surface area (Å²) >= 11 is 1.76. The number of carbonyl (C=O) groups excluding carboxylic acids is 1. The first kappa shape index (κ1) is 19.3. The lowest BCUT2D eigenvalue weighted by atomic mass is 9.42. The van der Waals surface area contributed by atoms with E-state index in [-0.39, 0.29) is 23.2 Å². The van der Waals surface area contributed by atoms with E-state index < -0.39 is 5.41 Å². The molecule has 0 spiro atoms. The first-order valence-corrected chi connectivity index (χ1v) is 12.1. The monoisotopic (exact) mass is 429 g/mol. The van der Waals surface area contributed by atoms with Gasteiger partial charge in [-0.1, -0.05) is 54.6 Å². The second-order valence-electron chi connectivity index (χ2n) is 9.40. The average molecular weight is 430 g/mol. The van der Waals surface area contributed by atoms with Gasteiger partial charge < -0.3 is 4.74 Å². The Bertz CT molecular complexity index is 1110. The SMILES string of the molecule is COC(=O)C12CN(Cc3ccccc3)CC1C1(c3ccsc3)CCC2c2ccccc21. The molecule has 1 aliphatic heterocycles. The third-order valence-corrected chi connectivity index (χ3v) is 8.94. The molecule has 0 radical (unpaired) electrons. The van der Waals surface area contributed by atoms with Gasteiger partial charge in [-0.15, -0.1) is 0 Å². The van der Waals surface area contributed by atoms with E-state index in [1.165, 1.54) is 22.3 Å². The summed E-state index contributed by atoms with van der Waals surface area (Å²) in [5.41, 5.74) is 4.88. The lowest BCUT2D eigenvalue weighted by Gasteiger charge is -2.59. The normalized spacial score (nSPS) is 31.3. The van der Waals surface area contributed by atoms with Crippen LogP contribution in [0.1, 0.15) is 41.0 Å². The first-order chi connectivity index (χ1) is 15.2. The fourth-order valence-corrected chi connectivity index (χ4v) is 7.94. The Morgan fingerprint density at radius 2 is 1.94 bits per heavy atom. The van der Waals surface area contributed by atoms with Gasteiger partial charge in [-0.25, -0.2) is 0 Å². The third-order valence-electron chi connectivity index (χ3n) is 8.26. The number of carbonyl (C=O) groups is 1. The zero-order valence-electron chi connectivity index (χ0n) is 17.8. The highest BCUT2D eigenvalue weighted by Gasteiger charge is 2.70. The van der Waals surface area contributed by atoms with Crippen LogP contribution in [0.15, 0.2) is 71.4 Å². The number of hydrogen-bond donors (Lipinski definition) is 0. The van der Waals surface area contributed by atoms with Crippen molar-refractivity contribution in [1.29, 1.82) is 0 Å². The van der Waals surface area contributed by atoms with Crippen molar-refractivity contribution in [3.63, 3.8) is 0 Å². The van der Waals surface area contributed by atoms with Gasteiger partial charge in [0.05, 0.1) is 12.5 Å². The van der Waals surface area contributed by atoms with E-state index in [4.69, 9.17) is 4.74 Å². The van der Waals surface area contributed by atoms with Gasteiger partial charge in [-0.05, 0) is 51.9 Å². The summed E-state index contributed by atoms with van der Waals surface area (Å²) in [4.78, 5) is 16.1. The molecule has 7 rings (SSSR count). The molecule has 1 aromatic heterocycles. The molecule has 0 N–H and O–H groups in total. The van der Waals surface area contributed by atoms with Crippen LogP contribution in [0.4, 0.5) is 0 Å². The first-order valence-electron chi connectivity index (χ1n) is 11.2. The minimum Gasteiger partial charge on any atom is -0.469 e. The van der Waals surface area contributed by atoms with Gasteiger partial charge in [-0.2, -0.15) is 11.3 Å². The highest BCUT2D eigenvalue weighted by Crippen LogP contribution is 2.69. The molecule has 0 amide bonds. The second kappa shape index (κ2) is 7.04. The number of benzene rings is 2. The number of esters is 1. The van der Waals surface area contributed by atoms with Crippen molar-refractivity contribution in [3.05, 3.63) is 93.7 Å². The standard InChI is InChI=1S/C27H27NO2S/c1-30-25(29)27-18-28(15-19-7-3-2-4-8-19)16-24(27)26(20-12-14-31-17-20)13-11-23(27)21-9-5-6-10-22(21)26/h2-10,12,14,17,23-24H,11,13,15-16,18H2,1H3. The topological polar surface area (TPSA) is 29.5 Å². The Labute approximate surface area is 187 Å². The summed E-state index contributed by atoms with van der Waals surface area (Å²) in [5, 5.41) is 4.49. The second-order valence-corrected chi connectivity index (χ2v) is 10.2. The number of methoxy groups -OCH3 is 1. The third kappa shape index (κ3) is 2.52. The number of hydrogen-bond acceptors (Lipinski definition) is 4. The average Bonchev–Trinajstić information content (AvgIpc) is 3.49. The number of rotatable bonds is 4. The van der Waals surface area contributed by atoms with Gasteiger partial charge in [0.15, 0.2) is 0 Å². The van der Waals surface area contributed by atoms with E-state index in [2.05, 4.69) is 76.3 Å². The molecule has 158 valence electrons. The lowest BCUT2D eigenvalue weighted by Crippen LogP contribution is -2.60. The molecule has 2 heterocycles. The fraction of sp³-hybridized carbons (Fsp3) is 0.370. The Morgan fingerprint density at radius 1 is 1.13 bits per heavy atom. The molecule has 2 bridgehead atoms. The highest BCUT2D eigenvalue weighted by molar-refractivity contribution is 7.08. The molecule has 1 saturated carbocycles. The van der Waals surface area contributed by atoms with E-state index >= 15 is 0 Å². The van der Waals surface area contributed by atoms with Crippen LogP contribution in [0, 0.1) is 11.3 Å². The van der Waals surface area contributed by atoms with Crippen LogP contribution in [0.5, 0.6) is 0 Å². The summed E-state index contributed by atoms with van der Waals surface area (Å²) in [6.45, 7) is 2.56. The minimum atomic E-state index is -0.488. The molecular weight excluding hydrogens is 402 g/mol. The molecule has 3 aromatic rings. The predicted octanol–water partition coefficient (Wildman–Crippen LogP) is 5.22. The van der Waals surface area contributed by atoms with Crippen molar-refractivity contribution in [2.24, 2.45) is 11.3 Å².